The number of carbonyl (C=O) groups is 1. The minimum Gasteiger partial charge on any atom is -0.337 e. The van der Waals surface area contributed by atoms with Crippen LogP contribution in [0.2, 0.25) is 0 Å². The van der Waals surface area contributed by atoms with Crippen LogP contribution in [-0.4, -0.2) is 28.3 Å². The first-order valence-electron chi connectivity index (χ1n) is 7.47. The Hall–Kier alpha value is -2.15. The number of rotatable bonds is 5. The highest BCUT2D eigenvalue weighted by Crippen LogP contribution is 2.29. The minimum absolute atomic E-state index is 0.195. The van der Waals surface area contributed by atoms with Gasteiger partial charge >= 0.3 is 6.18 Å². The van der Waals surface area contributed by atoms with Crippen molar-refractivity contribution < 1.29 is 22.2 Å². The molecule has 0 radical (unpaired) electrons. The average Bonchev–Trinajstić information content (AvgIpc) is 2.53. The lowest BCUT2D eigenvalue weighted by molar-refractivity contribution is -0.137. The summed E-state index contributed by atoms with van der Waals surface area (Å²) in [5.41, 5.74) is 1.15. The standard InChI is InChI=1S/C18H18F3NO2S/c1-22(11-13-6-8-16(9-7-13)18(19,20)21)17(23)15-5-3-4-14(10-15)12-25(2)24/h3-10H,11-12H2,1-2H3. The molecule has 1 amide bonds. The van der Waals surface area contributed by atoms with Crippen molar-refractivity contribution in [3.05, 3.63) is 70.8 Å². The van der Waals surface area contributed by atoms with Crippen LogP contribution in [0.5, 0.6) is 0 Å². The zero-order valence-electron chi connectivity index (χ0n) is 13.8. The summed E-state index contributed by atoms with van der Waals surface area (Å²) in [6, 6.07) is 11.6. The number of alkyl halides is 3. The van der Waals surface area contributed by atoms with Crippen molar-refractivity contribution in [1.29, 1.82) is 0 Å². The van der Waals surface area contributed by atoms with Gasteiger partial charge in [-0.05, 0) is 35.4 Å². The van der Waals surface area contributed by atoms with E-state index >= 15 is 0 Å². The number of benzene rings is 2. The Morgan fingerprint density at radius 1 is 1.08 bits per heavy atom. The molecule has 0 saturated carbocycles. The van der Waals surface area contributed by atoms with E-state index < -0.39 is 22.5 Å². The molecule has 2 aromatic rings. The van der Waals surface area contributed by atoms with Crippen molar-refractivity contribution in [2.45, 2.75) is 18.5 Å². The average molecular weight is 369 g/mol. The molecule has 0 aliphatic heterocycles. The zero-order chi connectivity index (χ0) is 18.6. The first-order chi connectivity index (χ1) is 11.7. The summed E-state index contributed by atoms with van der Waals surface area (Å²) in [6.45, 7) is 0.195. The highest BCUT2D eigenvalue weighted by atomic mass is 32.2. The summed E-state index contributed by atoms with van der Waals surface area (Å²) in [5, 5.41) is 0. The lowest BCUT2D eigenvalue weighted by Crippen LogP contribution is -2.26. The number of halogens is 3. The van der Waals surface area contributed by atoms with Crippen molar-refractivity contribution >= 4 is 16.7 Å². The predicted molar refractivity (Wildman–Crippen MR) is 91.5 cm³/mol. The Kier molecular flexibility index (Phi) is 6.00. The molecule has 2 rings (SSSR count). The van der Waals surface area contributed by atoms with E-state index in [0.717, 1.165) is 17.7 Å². The Labute approximate surface area is 146 Å². The maximum absolute atomic E-state index is 12.6. The van der Waals surface area contributed by atoms with Crippen molar-refractivity contribution in [3.63, 3.8) is 0 Å². The number of carbonyl (C=O) groups excluding carboxylic acids is 1. The van der Waals surface area contributed by atoms with Gasteiger partial charge in [-0.3, -0.25) is 9.00 Å². The van der Waals surface area contributed by atoms with E-state index in [0.29, 0.717) is 16.9 Å². The van der Waals surface area contributed by atoms with E-state index in [1.54, 1.807) is 37.6 Å². The van der Waals surface area contributed by atoms with Crippen molar-refractivity contribution in [3.8, 4) is 0 Å². The SMILES string of the molecule is CN(Cc1ccc(C(F)(F)F)cc1)C(=O)c1cccc(CS(C)=O)c1. The van der Waals surface area contributed by atoms with Gasteiger partial charge in [0.2, 0.25) is 0 Å². The van der Waals surface area contributed by atoms with Gasteiger partial charge in [-0.15, -0.1) is 0 Å². The molecule has 0 aliphatic carbocycles. The third-order valence-corrected chi connectivity index (χ3v) is 4.33. The second-order valence-electron chi connectivity index (χ2n) is 5.77. The fraction of sp³-hybridized carbons (Fsp3) is 0.278. The van der Waals surface area contributed by atoms with Gasteiger partial charge in [0.25, 0.3) is 5.91 Å². The topological polar surface area (TPSA) is 37.4 Å². The molecule has 0 aromatic heterocycles. The van der Waals surface area contributed by atoms with E-state index in [1.807, 2.05) is 0 Å². The molecule has 0 N–H and O–H groups in total. The van der Waals surface area contributed by atoms with Gasteiger partial charge in [0.05, 0.1) is 5.56 Å². The van der Waals surface area contributed by atoms with Crippen LogP contribution >= 0.6 is 0 Å². The van der Waals surface area contributed by atoms with Gasteiger partial charge in [-0.2, -0.15) is 13.2 Å². The van der Waals surface area contributed by atoms with Crippen LogP contribution in [-0.2, 0) is 29.3 Å². The molecule has 1 unspecified atom stereocenters. The van der Waals surface area contributed by atoms with E-state index in [-0.39, 0.29) is 12.5 Å². The van der Waals surface area contributed by atoms with E-state index in [9.17, 15) is 22.2 Å². The number of hydrogen-bond acceptors (Lipinski definition) is 2. The van der Waals surface area contributed by atoms with Crippen molar-refractivity contribution in [2.24, 2.45) is 0 Å². The van der Waals surface area contributed by atoms with E-state index in [4.69, 9.17) is 0 Å². The van der Waals surface area contributed by atoms with Gasteiger partial charge < -0.3 is 4.90 Å². The van der Waals surface area contributed by atoms with Crippen molar-refractivity contribution in [2.75, 3.05) is 13.3 Å². The summed E-state index contributed by atoms with van der Waals surface area (Å²) in [6.07, 6.45) is -2.79. The fourth-order valence-electron chi connectivity index (χ4n) is 2.39. The lowest BCUT2D eigenvalue weighted by atomic mass is 10.1. The molecule has 0 spiro atoms. The molecule has 0 saturated heterocycles. The molecular formula is C18H18F3NO2S. The minimum atomic E-state index is -4.37. The number of hydrogen-bond donors (Lipinski definition) is 0. The van der Waals surface area contributed by atoms with Crippen LogP contribution in [0, 0.1) is 0 Å². The summed E-state index contributed by atoms with van der Waals surface area (Å²) in [5.74, 6) is 0.118. The summed E-state index contributed by atoms with van der Waals surface area (Å²) < 4.78 is 49.0. The van der Waals surface area contributed by atoms with Crippen LogP contribution in [0.15, 0.2) is 48.5 Å². The Morgan fingerprint density at radius 2 is 1.72 bits per heavy atom. The van der Waals surface area contributed by atoms with E-state index in [2.05, 4.69) is 0 Å². The van der Waals surface area contributed by atoms with Crippen LogP contribution in [0.25, 0.3) is 0 Å². The normalized spacial score (nSPS) is 12.7. The van der Waals surface area contributed by atoms with Gasteiger partial charge in [0, 0.05) is 42.0 Å². The molecule has 0 heterocycles. The highest BCUT2D eigenvalue weighted by Gasteiger charge is 2.30. The Morgan fingerprint density at radius 3 is 2.28 bits per heavy atom. The maximum atomic E-state index is 12.6. The first-order valence-corrected chi connectivity index (χ1v) is 9.20. The molecule has 134 valence electrons. The molecule has 2 aromatic carbocycles. The van der Waals surface area contributed by atoms with Crippen molar-refractivity contribution in [1.82, 2.24) is 4.90 Å². The van der Waals surface area contributed by atoms with Crippen LogP contribution in [0.4, 0.5) is 13.2 Å². The second-order valence-corrected chi connectivity index (χ2v) is 7.21. The highest BCUT2D eigenvalue weighted by molar-refractivity contribution is 7.83. The molecule has 1 atom stereocenters. The summed E-state index contributed by atoms with van der Waals surface area (Å²) in [4.78, 5) is 13.9. The number of amides is 1. The molecular weight excluding hydrogens is 351 g/mol. The lowest BCUT2D eigenvalue weighted by Gasteiger charge is -2.18. The molecule has 0 fully saturated rings. The van der Waals surface area contributed by atoms with Crippen LogP contribution < -0.4 is 0 Å². The molecule has 0 aliphatic rings. The number of nitrogens with zero attached hydrogens (tertiary/aromatic N) is 1. The summed E-state index contributed by atoms with van der Waals surface area (Å²) in [7, 11) is 0.581. The fourth-order valence-corrected chi connectivity index (χ4v) is 3.04. The zero-order valence-corrected chi connectivity index (χ0v) is 14.7. The smallest absolute Gasteiger partial charge is 0.337 e. The Balaban J connectivity index is 2.09. The Bertz CT molecular complexity index is 773. The third kappa shape index (κ3) is 5.42. The second kappa shape index (κ2) is 7.82. The quantitative estimate of drug-likeness (QED) is 0.803. The maximum Gasteiger partial charge on any atom is 0.416 e. The molecule has 25 heavy (non-hydrogen) atoms. The van der Waals surface area contributed by atoms with Gasteiger partial charge in [0.15, 0.2) is 0 Å². The van der Waals surface area contributed by atoms with Gasteiger partial charge in [-0.25, -0.2) is 0 Å². The van der Waals surface area contributed by atoms with Crippen LogP contribution in [0.3, 0.4) is 0 Å². The van der Waals surface area contributed by atoms with Gasteiger partial charge in [0.1, 0.15) is 0 Å². The molecule has 7 heteroatoms. The third-order valence-electron chi connectivity index (χ3n) is 3.59. The monoisotopic (exact) mass is 369 g/mol. The van der Waals surface area contributed by atoms with Gasteiger partial charge in [-0.1, -0.05) is 24.3 Å². The first kappa shape index (κ1) is 19.2. The largest absolute Gasteiger partial charge is 0.416 e. The van der Waals surface area contributed by atoms with E-state index in [1.165, 1.54) is 17.0 Å². The molecule has 3 nitrogen and oxygen atoms in total. The van der Waals surface area contributed by atoms with Crippen LogP contribution in [0.1, 0.15) is 27.0 Å². The summed E-state index contributed by atoms with van der Waals surface area (Å²) >= 11 is 0. The molecule has 0 bridgehead atoms. The predicted octanol–water partition coefficient (Wildman–Crippen LogP) is 3.86.